The molecule has 0 amide bonds. The van der Waals surface area contributed by atoms with Gasteiger partial charge in [-0.25, -0.2) is 0 Å². The Hall–Kier alpha value is -0.520. The standard InChI is InChI=1S/C19H37N3O10/c1-5-3-7(21)16(31-18-9(22)12(26)11(25)8(4-23)29-18)17(10(5)24)32-19-14(28)13(27)15(30-19)6(2)20/h5-19,23-28H,3-4,20-22H2,1-2H3/t5-,6-,7?,8?,9?,10?,11-,12-,13-,14?,15-,16-,17-,18-,19+/m1/s1. The molecule has 0 aromatic rings. The third kappa shape index (κ3) is 4.95. The van der Waals surface area contributed by atoms with Gasteiger partial charge in [-0.15, -0.1) is 0 Å². The molecule has 32 heavy (non-hydrogen) atoms. The average molecular weight is 468 g/mol. The molecule has 0 aromatic heterocycles. The number of rotatable bonds is 6. The van der Waals surface area contributed by atoms with Crippen molar-refractivity contribution in [1.29, 1.82) is 0 Å². The van der Waals surface area contributed by atoms with E-state index in [4.69, 9.17) is 36.1 Å². The Labute approximate surface area is 186 Å². The van der Waals surface area contributed by atoms with Crippen LogP contribution < -0.4 is 17.2 Å². The normalized spacial score (nSPS) is 53.3. The smallest absolute Gasteiger partial charge is 0.187 e. The summed E-state index contributed by atoms with van der Waals surface area (Å²) in [7, 11) is 0. The van der Waals surface area contributed by atoms with Crippen LogP contribution in [0.3, 0.4) is 0 Å². The summed E-state index contributed by atoms with van der Waals surface area (Å²) in [5.41, 5.74) is 18.0. The third-order valence-electron chi connectivity index (χ3n) is 6.60. The highest BCUT2D eigenvalue weighted by Gasteiger charge is 2.52. The highest BCUT2D eigenvalue weighted by atomic mass is 16.7. The lowest BCUT2D eigenvalue weighted by Crippen LogP contribution is -2.66. The van der Waals surface area contributed by atoms with E-state index in [0.717, 1.165) is 0 Å². The van der Waals surface area contributed by atoms with Crippen LogP contribution in [0.2, 0.25) is 0 Å². The summed E-state index contributed by atoms with van der Waals surface area (Å²) in [5, 5.41) is 61.0. The predicted octanol–water partition coefficient (Wildman–Crippen LogP) is -4.95. The van der Waals surface area contributed by atoms with E-state index >= 15 is 0 Å². The Bertz CT molecular complexity index is 616. The minimum absolute atomic E-state index is 0.291. The molecule has 0 aromatic carbocycles. The van der Waals surface area contributed by atoms with E-state index < -0.39 is 92.2 Å². The van der Waals surface area contributed by atoms with E-state index in [0.29, 0.717) is 6.42 Å². The van der Waals surface area contributed by atoms with Crippen LogP contribution >= 0.6 is 0 Å². The summed E-state index contributed by atoms with van der Waals surface area (Å²) in [6.07, 6.45) is -13.0. The molecule has 3 rings (SSSR count). The summed E-state index contributed by atoms with van der Waals surface area (Å²) in [4.78, 5) is 0. The topological polar surface area (TPSA) is 236 Å². The molecule has 5 unspecified atom stereocenters. The van der Waals surface area contributed by atoms with Gasteiger partial charge in [0.25, 0.3) is 0 Å². The number of hydrogen-bond acceptors (Lipinski definition) is 13. The van der Waals surface area contributed by atoms with E-state index in [2.05, 4.69) is 0 Å². The molecule has 2 saturated heterocycles. The van der Waals surface area contributed by atoms with Crippen molar-refractivity contribution in [1.82, 2.24) is 0 Å². The minimum Gasteiger partial charge on any atom is -0.394 e. The van der Waals surface area contributed by atoms with Crippen molar-refractivity contribution < 1.29 is 49.6 Å². The predicted molar refractivity (Wildman–Crippen MR) is 108 cm³/mol. The van der Waals surface area contributed by atoms with Crippen molar-refractivity contribution in [2.24, 2.45) is 23.1 Å². The zero-order chi connectivity index (χ0) is 23.9. The van der Waals surface area contributed by atoms with Crippen LogP contribution in [0.1, 0.15) is 20.3 Å². The molecule has 0 spiro atoms. The minimum atomic E-state index is -1.43. The Kier molecular flexibility index (Phi) is 8.48. The molecular formula is C19H37N3O10. The molecule has 3 aliphatic rings. The molecule has 1 aliphatic carbocycles. The van der Waals surface area contributed by atoms with Gasteiger partial charge in [0.05, 0.1) is 18.8 Å². The van der Waals surface area contributed by atoms with Crippen LogP contribution in [-0.2, 0) is 18.9 Å². The molecule has 15 atom stereocenters. The number of ether oxygens (including phenoxy) is 4. The highest BCUT2D eigenvalue weighted by Crippen LogP contribution is 2.34. The number of hydrogen-bond donors (Lipinski definition) is 9. The van der Waals surface area contributed by atoms with Gasteiger partial charge in [0.15, 0.2) is 12.6 Å². The first-order valence-corrected chi connectivity index (χ1v) is 10.9. The second-order valence-electron chi connectivity index (χ2n) is 9.16. The average Bonchev–Trinajstić information content (AvgIpc) is 3.03. The van der Waals surface area contributed by atoms with Gasteiger partial charge in [0.1, 0.15) is 48.8 Å². The molecule has 13 heteroatoms. The quantitative estimate of drug-likeness (QED) is 0.178. The molecule has 0 radical (unpaired) electrons. The van der Waals surface area contributed by atoms with Crippen LogP contribution in [0.25, 0.3) is 0 Å². The Balaban J connectivity index is 1.78. The van der Waals surface area contributed by atoms with Gasteiger partial charge in [0.2, 0.25) is 0 Å². The molecule has 0 bridgehead atoms. The lowest BCUT2D eigenvalue weighted by molar-refractivity contribution is -0.312. The third-order valence-corrected chi connectivity index (χ3v) is 6.60. The molecule has 13 nitrogen and oxygen atoms in total. The molecule has 2 aliphatic heterocycles. The molecule has 12 N–H and O–H groups in total. The maximum Gasteiger partial charge on any atom is 0.187 e. The van der Waals surface area contributed by atoms with Crippen LogP contribution in [0.4, 0.5) is 0 Å². The number of nitrogens with two attached hydrogens (primary N) is 3. The van der Waals surface area contributed by atoms with E-state index in [1.165, 1.54) is 0 Å². The van der Waals surface area contributed by atoms with Gasteiger partial charge >= 0.3 is 0 Å². The molecule has 2 heterocycles. The SMILES string of the molecule is C[C@@H]1CC(N)[C@@H](O[C@H]2OC(CO)[C@@H](O)[C@H](O)C2N)[C@H](O[C@@H]2O[C@H]([C@@H](C)N)[C@H](O)C2O)C1O. The van der Waals surface area contributed by atoms with E-state index in [1.54, 1.807) is 13.8 Å². The lowest BCUT2D eigenvalue weighted by Gasteiger charge is -2.47. The summed E-state index contributed by atoms with van der Waals surface area (Å²) < 4.78 is 22.9. The van der Waals surface area contributed by atoms with Gasteiger partial charge in [-0.1, -0.05) is 6.92 Å². The molecule has 3 fully saturated rings. The van der Waals surface area contributed by atoms with Gasteiger partial charge in [-0.3, -0.25) is 0 Å². The maximum absolute atomic E-state index is 10.8. The molecule has 1 saturated carbocycles. The van der Waals surface area contributed by atoms with Crippen LogP contribution in [0, 0.1) is 5.92 Å². The summed E-state index contributed by atoms with van der Waals surface area (Å²) in [6.45, 7) is 2.80. The lowest BCUT2D eigenvalue weighted by atomic mass is 9.80. The largest absolute Gasteiger partial charge is 0.394 e. The van der Waals surface area contributed by atoms with Crippen molar-refractivity contribution in [3.05, 3.63) is 0 Å². The van der Waals surface area contributed by atoms with Crippen LogP contribution in [-0.4, -0.2) is 123 Å². The van der Waals surface area contributed by atoms with Crippen LogP contribution in [0.15, 0.2) is 0 Å². The van der Waals surface area contributed by atoms with Gasteiger partial charge in [-0.2, -0.15) is 0 Å². The fourth-order valence-electron chi connectivity index (χ4n) is 4.56. The van der Waals surface area contributed by atoms with Crippen molar-refractivity contribution >= 4 is 0 Å². The van der Waals surface area contributed by atoms with E-state index in [1.807, 2.05) is 0 Å². The van der Waals surface area contributed by atoms with E-state index in [-0.39, 0.29) is 5.92 Å². The number of aliphatic hydroxyl groups excluding tert-OH is 6. The van der Waals surface area contributed by atoms with Crippen molar-refractivity contribution in [2.75, 3.05) is 6.61 Å². The summed E-state index contributed by atoms with van der Waals surface area (Å²) >= 11 is 0. The molecular weight excluding hydrogens is 430 g/mol. The zero-order valence-corrected chi connectivity index (χ0v) is 18.1. The summed E-state index contributed by atoms with van der Waals surface area (Å²) in [5.74, 6) is -0.291. The Morgan fingerprint density at radius 3 is 2.06 bits per heavy atom. The maximum atomic E-state index is 10.8. The monoisotopic (exact) mass is 467 g/mol. The van der Waals surface area contributed by atoms with Gasteiger partial charge in [0, 0.05) is 12.1 Å². The number of aliphatic hydroxyl groups is 6. The zero-order valence-electron chi connectivity index (χ0n) is 18.1. The van der Waals surface area contributed by atoms with Crippen molar-refractivity contribution in [3.63, 3.8) is 0 Å². The Morgan fingerprint density at radius 2 is 1.50 bits per heavy atom. The first-order valence-electron chi connectivity index (χ1n) is 10.9. The summed E-state index contributed by atoms with van der Waals surface area (Å²) in [6, 6.07) is -2.41. The second-order valence-corrected chi connectivity index (χ2v) is 9.16. The first-order chi connectivity index (χ1) is 15.0. The Morgan fingerprint density at radius 1 is 0.875 bits per heavy atom. The van der Waals surface area contributed by atoms with Crippen molar-refractivity contribution in [3.8, 4) is 0 Å². The van der Waals surface area contributed by atoms with Crippen LogP contribution in [0.5, 0.6) is 0 Å². The van der Waals surface area contributed by atoms with E-state index in [9.17, 15) is 30.6 Å². The first kappa shape index (κ1) is 26.1. The van der Waals surface area contributed by atoms with Gasteiger partial charge < -0.3 is 66.8 Å². The fraction of sp³-hybridized carbons (Fsp3) is 1.00. The second kappa shape index (κ2) is 10.4. The fourth-order valence-corrected chi connectivity index (χ4v) is 4.56. The molecule has 188 valence electrons. The van der Waals surface area contributed by atoms with Gasteiger partial charge in [-0.05, 0) is 19.3 Å². The highest BCUT2D eigenvalue weighted by molar-refractivity contribution is 4.99. The van der Waals surface area contributed by atoms with Crippen molar-refractivity contribution in [2.45, 2.75) is 106 Å².